The van der Waals surface area contributed by atoms with Crippen molar-refractivity contribution in [3.63, 3.8) is 0 Å². The van der Waals surface area contributed by atoms with E-state index in [0.29, 0.717) is 11.5 Å². The standard InChI is InChI=1S/C13H14N4O4S/c1-16(2)22(20,21)12-6-7-13(14-9-12)15-10-4-3-5-11(8-10)17(18)19/h3-9H,1-2H3,(H,14,15). The number of nitro benzene ring substituents is 1. The zero-order chi connectivity index (χ0) is 16.3. The first-order valence-electron chi connectivity index (χ1n) is 6.21. The highest BCUT2D eigenvalue weighted by Gasteiger charge is 2.17. The van der Waals surface area contributed by atoms with Crippen LogP contribution >= 0.6 is 0 Å². The molecule has 0 atom stereocenters. The fraction of sp³-hybridized carbons (Fsp3) is 0.154. The summed E-state index contributed by atoms with van der Waals surface area (Å²) in [7, 11) is -0.660. The maximum absolute atomic E-state index is 11.9. The molecule has 0 unspecified atom stereocenters. The van der Waals surface area contributed by atoms with Crippen molar-refractivity contribution >= 4 is 27.2 Å². The Morgan fingerprint density at radius 1 is 1.23 bits per heavy atom. The van der Waals surface area contributed by atoms with Gasteiger partial charge in [-0.3, -0.25) is 10.1 Å². The number of pyridine rings is 1. The number of rotatable bonds is 5. The number of nitrogens with zero attached hydrogens (tertiary/aromatic N) is 3. The summed E-state index contributed by atoms with van der Waals surface area (Å²) in [5.74, 6) is 0.387. The largest absolute Gasteiger partial charge is 0.340 e. The van der Waals surface area contributed by atoms with Crippen molar-refractivity contribution in [1.29, 1.82) is 0 Å². The van der Waals surface area contributed by atoms with Crippen molar-refractivity contribution in [2.45, 2.75) is 4.90 Å². The van der Waals surface area contributed by atoms with E-state index in [9.17, 15) is 18.5 Å². The molecule has 0 saturated heterocycles. The number of nitrogens with one attached hydrogen (secondary N) is 1. The first-order chi connectivity index (χ1) is 10.3. The lowest BCUT2D eigenvalue weighted by molar-refractivity contribution is -0.384. The molecule has 0 aliphatic carbocycles. The molecule has 0 fully saturated rings. The third-order valence-electron chi connectivity index (χ3n) is 2.84. The van der Waals surface area contributed by atoms with Gasteiger partial charge in [0.1, 0.15) is 10.7 Å². The zero-order valence-corrected chi connectivity index (χ0v) is 12.7. The Labute approximate surface area is 127 Å². The lowest BCUT2D eigenvalue weighted by Crippen LogP contribution is -2.22. The molecule has 1 heterocycles. The van der Waals surface area contributed by atoms with Crippen LogP contribution in [0.4, 0.5) is 17.2 Å². The van der Waals surface area contributed by atoms with E-state index in [1.54, 1.807) is 12.1 Å². The average Bonchev–Trinajstić information content (AvgIpc) is 2.48. The molecule has 0 aliphatic heterocycles. The van der Waals surface area contributed by atoms with E-state index in [-0.39, 0.29) is 10.6 Å². The second-order valence-electron chi connectivity index (χ2n) is 4.60. The van der Waals surface area contributed by atoms with Gasteiger partial charge in [-0.25, -0.2) is 17.7 Å². The summed E-state index contributed by atoms with van der Waals surface area (Å²) >= 11 is 0. The van der Waals surface area contributed by atoms with Gasteiger partial charge in [-0.2, -0.15) is 0 Å². The second kappa shape index (κ2) is 6.08. The fourth-order valence-electron chi connectivity index (χ4n) is 1.66. The highest BCUT2D eigenvalue weighted by Crippen LogP contribution is 2.21. The van der Waals surface area contributed by atoms with Crippen LogP contribution in [0.2, 0.25) is 0 Å². The van der Waals surface area contributed by atoms with Crippen LogP contribution in [0.15, 0.2) is 47.5 Å². The predicted octanol–water partition coefficient (Wildman–Crippen LogP) is 1.98. The maximum atomic E-state index is 11.9. The van der Waals surface area contributed by atoms with Crippen molar-refractivity contribution in [3.8, 4) is 0 Å². The number of aromatic nitrogens is 1. The third-order valence-corrected chi connectivity index (χ3v) is 4.64. The lowest BCUT2D eigenvalue weighted by Gasteiger charge is -2.11. The summed E-state index contributed by atoms with van der Waals surface area (Å²) in [4.78, 5) is 14.3. The van der Waals surface area contributed by atoms with Crippen LogP contribution in [0.5, 0.6) is 0 Å². The Morgan fingerprint density at radius 2 is 1.95 bits per heavy atom. The molecule has 1 aromatic carbocycles. The molecule has 0 amide bonds. The van der Waals surface area contributed by atoms with E-state index in [1.165, 1.54) is 44.6 Å². The highest BCUT2D eigenvalue weighted by atomic mass is 32.2. The molecule has 116 valence electrons. The van der Waals surface area contributed by atoms with Gasteiger partial charge in [0.05, 0.1) is 4.92 Å². The number of hydrogen-bond acceptors (Lipinski definition) is 6. The number of nitro groups is 1. The Hall–Kier alpha value is -2.52. The van der Waals surface area contributed by atoms with Gasteiger partial charge in [0, 0.05) is 38.1 Å². The summed E-state index contributed by atoms with van der Waals surface area (Å²) in [5, 5.41) is 13.6. The molecule has 2 rings (SSSR count). The van der Waals surface area contributed by atoms with Crippen LogP contribution in [0, 0.1) is 10.1 Å². The molecule has 9 heteroatoms. The molecule has 0 aliphatic rings. The molecule has 8 nitrogen and oxygen atoms in total. The number of hydrogen-bond donors (Lipinski definition) is 1. The Balaban J connectivity index is 2.22. The Bertz CT molecular complexity index is 788. The first kappa shape index (κ1) is 15.9. The molecule has 1 aromatic heterocycles. The smallest absolute Gasteiger partial charge is 0.271 e. The number of benzene rings is 1. The molecule has 0 radical (unpaired) electrons. The topological polar surface area (TPSA) is 105 Å². The van der Waals surface area contributed by atoms with Crippen molar-refractivity contribution in [1.82, 2.24) is 9.29 Å². The Morgan fingerprint density at radius 3 is 2.50 bits per heavy atom. The molecular weight excluding hydrogens is 308 g/mol. The van der Waals surface area contributed by atoms with Crippen LogP contribution in [-0.2, 0) is 10.0 Å². The minimum Gasteiger partial charge on any atom is -0.340 e. The van der Waals surface area contributed by atoms with Gasteiger partial charge >= 0.3 is 0 Å². The summed E-state index contributed by atoms with van der Waals surface area (Å²) < 4.78 is 24.9. The second-order valence-corrected chi connectivity index (χ2v) is 6.75. The fourth-order valence-corrected chi connectivity index (χ4v) is 2.51. The van der Waals surface area contributed by atoms with Crippen LogP contribution in [0.3, 0.4) is 0 Å². The minimum atomic E-state index is -3.53. The van der Waals surface area contributed by atoms with Crippen molar-refractivity contribution in [2.24, 2.45) is 0 Å². The van der Waals surface area contributed by atoms with E-state index in [1.807, 2.05) is 0 Å². The quantitative estimate of drug-likeness (QED) is 0.666. The lowest BCUT2D eigenvalue weighted by atomic mass is 10.3. The summed E-state index contributed by atoms with van der Waals surface area (Å²) in [6.45, 7) is 0. The SMILES string of the molecule is CN(C)S(=O)(=O)c1ccc(Nc2cccc([N+](=O)[O-])c2)nc1. The number of anilines is 2. The summed E-state index contributed by atoms with van der Waals surface area (Å²) in [5.41, 5.74) is 0.446. The van der Waals surface area contributed by atoms with E-state index >= 15 is 0 Å². The van der Waals surface area contributed by atoms with Gasteiger partial charge < -0.3 is 5.32 Å². The first-order valence-corrected chi connectivity index (χ1v) is 7.65. The average molecular weight is 322 g/mol. The van der Waals surface area contributed by atoms with Crippen LogP contribution in [0.1, 0.15) is 0 Å². The number of sulfonamides is 1. The van der Waals surface area contributed by atoms with Crippen molar-refractivity contribution < 1.29 is 13.3 Å². The monoisotopic (exact) mass is 322 g/mol. The maximum Gasteiger partial charge on any atom is 0.271 e. The molecule has 0 spiro atoms. The zero-order valence-electron chi connectivity index (χ0n) is 11.9. The minimum absolute atomic E-state index is 0.0446. The molecular formula is C13H14N4O4S. The normalized spacial score (nSPS) is 11.4. The molecule has 0 saturated carbocycles. The third kappa shape index (κ3) is 3.38. The van der Waals surface area contributed by atoms with Crippen LogP contribution < -0.4 is 5.32 Å². The predicted molar refractivity (Wildman–Crippen MR) is 81.5 cm³/mol. The molecule has 2 aromatic rings. The van der Waals surface area contributed by atoms with Crippen molar-refractivity contribution in [3.05, 3.63) is 52.7 Å². The van der Waals surface area contributed by atoms with Crippen LogP contribution in [-0.4, -0.2) is 36.7 Å². The summed E-state index contributed by atoms with van der Waals surface area (Å²) in [6, 6.07) is 8.86. The molecule has 0 bridgehead atoms. The molecule has 1 N–H and O–H groups in total. The van der Waals surface area contributed by atoms with Gasteiger partial charge in [0.2, 0.25) is 10.0 Å². The number of non-ortho nitro benzene ring substituents is 1. The van der Waals surface area contributed by atoms with E-state index in [0.717, 1.165) is 4.31 Å². The van der Waals surface area contributed by atoms with Gasteiger partial charge in [-0.15, -0.1) is 0 Å². The summed E-state index contributed by atoms with van der Waals surface area (Å²) in [6.07, 6.45) is 1.23. The van der Waals surface area contributed by atoms with E-state index in [4.69, 9.17) is 0 Å². The Kier molecular flexibility index (Phi) is 4.38. The van der Waals surface area contributed by atoms with Crippen LogP contribution in [0.25, 0.3) is 0 Å². The highest BCUT2D eigenvalue weighted by molar-refractivity contribution is 7.89. The van der Waals surface area contributed by atoms with E-state index < -0.39 is 14.9 Å². The van der Waals surface area contributed by atoms with Gasteiger partial charge in [0.25, 0.3) is 5.69 Å². The van der Waals surface area contributed by atoms with Gasteiger partial charge in [0.15, 0.2) is 0 Å². The van der Waals surface area contributed by atoms with Gasteiger partial charge in [-0.1, -0.05) is 6.07 Å². The van der Waals surface area contributed by atoms with E-state index in [2.05, 4.69) is 10.3 Å². The van der Waals surface area contributed by atoms with Gasteiger partial charge in [-0.05, 0) is 18.2 Å². The van der Waals surface area contributed by atoms with Crippen molar-refractivity contribution in [2.75, 3.05) is 19.4 Å². The molecule has 22 heavy (non-hydrogen) atoms.